The van der Waals surface area contributed by atoms with Crippen LogP contribution in [0.25, 0.3) is 0 Å². The molecule has 2 rings (SSSR count). The molecule has 0 spiro atoms. The van der Waals surface area contributed by atoms with Crippen molar-refractivity contribution in [1.29, 1.82) is 0 Å². The first-order valence-corrected chi connectivity index (χ1v) is 7.55. The Morgan fingerprint density at radius 2 is 1.77 bits per heavy atom. The van der Waals surface area contributed by atoms with Crippen molar-refractivity contribution in [3.8, 4) is 0 Å². The van der Waals surface area contributed by atoms with E-state index in [9.17, 15) is 8.78 Å². The summed E-state index contributed by atoms with van der Waals surface area (Å²) in [6.45, 7) is 5.37. The van der Waals surface area contributed by atoms with Gasteiger partial charge in [0.25, 0.3) is 0 Å². The largest absolute Gasteiger partial charge is 0.211 e. The van der Waals surface area contributed by atoms with E-state index in [0.29, 0.717) is 17.0 Å². The number of benzene rings is 2. The van der Waals surface area contributed by atoms with E-state index in [1.807, 2.05) is 26.0 Å². The number of halogens is 3. The molecule has 3 heteroatoms. The fourth-order valence-electron chi connectivity index (χ4n) is 2.30. The summed E-state index contributed by atoms with van der Waals surface area (Å²) in [5.74, 6) is -0.452. The topological polar surface area (TPSA) is 0 Å². The molecule has 0 bridgehead atoms. The van der Waals surface area contributed by atoms with Crippen LogP contribution in [0.1, 0.15) is 30.5 Å². The molecule has 0 atom stereocenters. The first-order chi connectivity index (χ1) is 10.3. The second-order valence-corrected chi connectivity index (χ2v) is 6.41. The molecule has 0 fully saturated rings. The average molecular weight is 321 g/mol. The quantitative estimate of drug-likeness (QED) is 0.632. The first-order valence-electron chi connectivity index (χ1n) is 7.18. The molecule has 0 unspecified atom stereocenters. The summed E-state index contributed by atoms with van der Waals surface area (Å²) in [4.78, 5) is 0. The Balaban J connectivity index is 2.19. The second kappa shape index (κ2) is 6.62. The molecule has 0 amide bonds. The third-order valence-electron chi connectivity index (χ3n) is 3.90. The second-order valence-electron chi connectivity index (χ2n) is 5.97. The van der Waals surface area contributed by atoms with Crippen molar-refractivity contribution in [1.82, 2.24) is 0 Å². The van der Waals surface area contributed by atoms with Crippen molar-refractivity contribution >= 4 is 11.6 Å². The minimum Gasteiger partial charge on any atom is -0.211 e. The van der Waals surface area contributed by atoms with Crippen LogP contribution in [0.3, 0.4) is 0 Å². The Labute approximate surface area is 135 Å². The highest BCUT2D eigenvalue weighted by Gasteiger charge is 2.25. The van der Waals surface area contributed by atoms with Gasteiger partial charge in [0.15, 0.2) is 0 Å². The van der Waals surface area contributed by atoms with Gasteiger partial charge in [0, 0.05) is 10.4 Å². The first kappa shape index (κ1) is 16.7. The molecule has 116 valence electrons. The number of hydrogen-bond acceptors (Lipinski definition) is 0. The molecule has 0 radical (unpaired) electrons. The Kier molecular flexibility index (Phi) is 5.02. The molecule has 0 aliphatic carbocycles. The Hall–Kier alpha value is -1.67. The van der Waals surface area contributed by atoms with Crippen molar-refractivity contribution < 1.29 is 8.78 Å². The lowest BCUT2D eigenvalue weighted by Gasteiger charge is -2.23. The monoisotopic (exact) mass is 320 g/mol. The van der Waals surface area contributed by atoms with Crippen LogP contribution >= 0.6 is 11.6 Å². The zero-order valence-corrected chi connectivity index (χ0v) is 13.7. The molecule has 0 saturated carbocycles. The maximum atomic E-state index is 14.6. The Morgan fingerprint density at radius 3 is 2.36 bits per heavy atom. The molecule has 0 N–H and O–H groups in total. The zero-order chi connectivity index (χ0) is 16.3. The molecule has 22 heavy (non-hydrogen) atoms. The van der Waals surface area contributed by atoms with Gasteiger partial charge in [-0.25, -0.2) is 8.78 Å². The lowest BCUT2D eigenvalue weighted by Crippen LogP contribution is -2.18. The molecule has 0 heterocycles. The van der Waals surface area contributed by atoms with Crippen molar-refractivity contribution in [3.63, 3.8) is 0 Å². The predicted octanol–water partition coefficient (Wildman–Crippen LogP) is 6.16. The molecule has 2 aromatic carbocycles. The van der Waals surface area contributed by atoms with Crippen molar-refractivity contribution in [2.45, 2.75) is 32.6 Å². The highest BCUT2D eigenvalue weighted by molar-refractivity contribution is 6.30. The fraction of sp³-hybridized carbons (Fsp3) is 0.263. The molecule has 2 aromatic rings. The van der Waals surface area contributed by atoms with E-state index in [1.54, 1.807) is 37.3 Å². The van der Waals surface area contributed by atoms with Crippen molar-refractivity contribution in [2.24, 2.45) is 0 Å². The highest BCUT2D eigenvalue weighted by Crippen LogP contribution is 2.33. The van der Waals surface area contributed by atoms with Gasteiger partial charge in [-0.05, 0) is 68.2 Å². The number of hydrogen-bond donors (Lipinski definition) is 0. The number of rotatable bonds is 4. The van der Waals surface area contributed by atoms with Crippen LogP contribution in [-0.4, -0.2) is 0 Å². The van der Waals surface area contributed by atoms with Gasteiger partial charge < -0.3 is 0 Å². The lowest BCUT2D eigenvalue weighted by atomic mass is 9.83. The predicted molar refractivity (Wildman–Crippen MR) is 88.5 cm³/mol. The minimum atomic E-state index is -0.723. The zero-order valence-electron chi connectivity index (χ0n) is 13.0. The fourth-order valence-corrected chi connectivity index (χ4v) is 2.43. The van der Waals surface area contributed by atoms with E-state index < -0.39 is 5.41 Å². The number of allylic oxidation sites excluding steroid dienone is 2. The summed E-state index contributed by atoms with van der Waals surface area (Å²) < 4.78 is 27.8. The van der Waals surface area contributed by atoms with Gasteiger partial charge >= 0.3 is 0 Å². The molecule has 0 saturated heterocycles. The SMILES string of the molecule is Cc1cc(CC=C(F)C(C)(C)c2ccc(Cl)cc2)ccc1F. The van der Waals surface area contributed by atoms with Gasteiger partial charge in [0.2, 0.25) is 0 Å². The maximum absolute atomic E-state index is 14.6. The Bertz CT molecular complexity index is 685. The summed E-state index contributed by atoms with van der Waals surface area (Å²) in [5.41, 5.74) is 1.60. The average Bonchev–Trinajstić information content (AvgIpc) is 2.48. The lowest BCUT2D eigenvalue weighted by molar-refractivity contribution is 0.455. The highest BCUT2D eigenvalue weighted by atomic mass is 35.5. The van der Waals surface area contributed by atoms with E-state index in [2.05, 4.69) is 0 Å². The van der Waals surface area contributed by atoms with E-state index in [0.717, 1.165) is 11.1 Å². The van der Waals surface area contributed by atoms with Crippen LogP contribution in [0.2, 0.25) is 5.02 Å². The van der Waals surface area contributed by atoms with Crippen molar-refractivity contribution in [2.75, 3.05) is 0 Å². The summed E-state index contributed by atoms with van der Waals surface area (Å²) in [5, 5.41) is 0.630. The third-order valence-corrected chi connectivity index (χ3v) is 4.15. The van der Waals surface area contributed by atoms with Crippen molar-refractivity contribution in [3.05, 3.63) is 81.9 Å². The molecule has 0 aliphatic rings. The summed E-state index contributed by atoms with van der Waals surface area (Å²) in [6.07, 6.45) is 1.99. The van der Waals surface area contributed by atoms with Gasteiger partial charge in [0.1, 0.15) is 11.6 Å². The molecule has 0 aliphatic heterocycles. The molecular formula is C19H19ClF2. The van der Waals surface area contributed by atoms with Crippen LogP contribution < -0.4 is 0 Å². The van der Waals surface area contributed by atoms with Gasteiger partial charge in [0.05, 0.1) is 0 Å². The maximum Gasteiger partial charge on any atom is 0.126 e. The minimum absolute atomic E-state index is 0.211. The Morgan fingerprint density at radius 1 is 1.14 bits per heavy atom. The molecule has 0 aromatic heterocycles. The van der Waals surface area contributed by atoms with E-state index in [-0.39, 0.29) is 11.6 Å². The van der Waals surface area contributed by atoms with Crippen LogP contribution in [0.15, 0.2) is 54.4 Å². The van der Waals surface area contributed by atoms with E-state index >= 15 is 0 Å². The van der Waals surface area contributed by atoms with Crippen LogP contribution in [-0.2, 0) is 11.8 Å². The van der Waals surface area contributed by atoms with Gasteiger partial charge in [-0.2, -0.15) is 0 Å². The van der Waals surface area contributed by atoms with E-state index in [1.165, 1.54) is 6.07 Å². The molecule has 0 nitrogen and oxygen atoms in total. The van der Waals surface area contributed by atoms with E-state index in [4.69, 9.17) is 11.6 Å². The standard InChI is InChI=1S/C19H19ClF2/c1-13-12-14(4-10-17(13)21)5-11-18(22)19(2,3)15-6-8-16(20)9-7-15/h4,6-12H,5H2,1-3H3. The van der Waals surface area contributed by atoms with Crippen LogP contribution in [0, 0.1) is 12.7 Å². The summed E-state index contributed by atoms with van der Waals surface area (Å²) >= 11 is 5.87. The third kappa shape index (κ3) is 3.75. The molecular weight excluding hydrogens is 302 g/mol. The van der Waals surface area contributed by atoms with Crippen LogP contribution in [0.4, 0.5) is 8.78 Å². The summed E-state index contributed by atoms with van der Waals surface area (Å²) in [7, 11) is 0. The normalized spacial score (nSPS) is 12.5. The summed E-state index contributed by atoms with van der Waals surface area (Å²) in [6, 6.07) is 12.0. The smallest absolute Gasteiger partial charge is 0.126 e. The van der Waals surface area contributed by atoms with Gasteiger partial charge in [-0.15, -0.1) is 0 Å². The number of aryl methyl sites for hydroxylation is 1. The van der Waals surface area contributed by atoms with Gasteiger partial charge in [-0.3, -0.25) is 0 Å². The van der Waals surface area contributed by atoms with Crippen LogP contribution in [0.5, 0.6) is 0 Å². The van der Waals surface area contributed by atoms with Gasteiger partial charge in [-0.1, -0.05) is 35.9 Å².